The van der Waals surface area contributed by atoms with Gasteiger partial charge in [-0.3, -0.25) is 14.7 Å². The molecule has 0 radical (unpaired) electrons. The first-order valence-corrected chi connectivity index (χ1v) is 9.68. The Kier molecular flexibility index (Phi) is 6.55. The quantitative estimate of drug-likeness (QED) is 0.593. The summed E-state index contributed by atoms with van der Waals surface area (Å²) in [6.07, 6.45) is 6.80. The second-order valence-corrected chi connectivity index (χ2v) is 7.33. The van der Waals surface area contributed by atoms with Crippen molar-refractivity contribution in [3.8, 4) is 0 Å². The van der Waals surface area contributed by atoms with Gasteiger partial charge >= 0.3 is 0 Å². The molecule has 2 aliphatic rings. The highest BCUT2D eigenvalue weighted by molar-refractivity contribution is 5.80. The summed E-state index contributed by atoms with van der Waals surface area (Å²) >= 11 is 0. The van der Waals surface area contributed by atoms with E-state index in [-0.39, 0.29) is 11.9 Å². The van der Waals surface area contributed by atoms with Gasteiger partial charge in [-0.1, -0.05) is 0 Å². The van der Waals surface area contributed by atoms with Gasteiger partial charge in [0, 0.05) is 33.1 Å². The van der Waals surface area contributed by atoms with E-state index in [1.165, 1.54) is 12.8 Å². The summed E-state index contributed by atoms with van der Waals surface area (Å²) in [7, 11) is 1.82. The molecule has 7 heteroatoms. The van der Waals surface area contributed by atoms with Crippen molar-refractivity contribution in [3.05, 3.63) is 24.2 Å². The van der Waals surface area contributed by atoms with E-state index < -0.39 is 0 Å². The van der Waals surface area contributed by atoms with E-state index in [2.05, 4.69) is 26.2 Å². The lowest BCUT2D eigenvalue weighted by atomic mass is 9.95. The molecule has 3 heterocycles. The predicted molar refractivity (Wildman–Crippen MR) is 102 cm³/mol. The summed E-state index contributed by atoms with van der Waals surface area (Å²) in [5.41, 5.74) is 5.38. The van der Waals surface area contributed by atoms with Gasteiger partial charge in [0.15, 0.2) is 5.96 Å². The molecule has 0 spiro atoms. The molecule has 2 atom stereocenters. The molecule has 2 unspecified atom stereocenters. The first-order valence-electron chi connectivity index (χ1n) is 9.68. The SMILES string of the molecule is CN=C(NCC(c1ccco1)N1CCCC1)N1CCCC(CC(N)=O)C1. The molecule has 0 aliphatic carbocycles. The van der Waals surface area contributed by atoms with Crippen LogP contribution in [0.15, 0.2) is 27.8 Å². The first-order chi connectivity index (χ1) is 12.7. The average molecular weight is 361 g/mol. The van der Waals surface area contributed by atoms with E-state index in [0.29, 0.717) is 12.3 Å². The van der Waals surface area contributed by atoms with Crippen LogP contribution in [-0.2, 0) is 4.79 Å². The Bertz CT molecular complexity index is 595. The van der Waals surface area contributed by atoms with Crippen LogP contribution in [-0.4, -0.2) is 61.4 Å². The molecule has 2 saturated heterocycles. The summed E-state index contributed by atoms with van der Waals surface area (Å²) in [6.45, 7) is 4.77. The van der Waals surface area contributed by atoms with Gasteiger partial charge < -0.3 is 20.4 Å². The number of carbonyl (C=O) groups is 1. The number of guanidine groups is 1. The zero-order chi connectivity index (χ0) is 18.4. The number of furan rings is 1. The lowest BCUT2D eigenvalue weighted by Gasteiger charge is -2.35. The van der Waals surface area contributed by atoms with Gasteiger partial charge in [-0.25, -0.2) is 0 Å². The van der Waals surface area contributed by atoms with E-state index in [4.69, 9.17) is 10.2 Å². The van der Waals surface area contributed by atoms with E-state index in [1.54, 1.807) is 6.26 Å². The fourth-order valence-electron chi connectivity index (χ4n) is 4.17. The number of carbonyl (C=O) groups excluding carboxylic acids is 1. The highest BCUT2D eigenvalue weighted by Gasteiger charge is 2.28. The van der Waals surface area contributed by atoms with E-state index >= 15 is 0 Å². The lowest BCUT2D eigenvalue weighted by molar-refractivity contribution is -0.119. The third-order valence-corrected chi connectivity index (χ3v) is 5.43. The van der Waals surface area contributed by atoms with Crippen LogP contribution in [0.25, 0.3) is 0 Å². The molecule has 0 bridgehead atoms. The maximum absolute atomic E-state index is 11.2. The van der Waals surface area contributed by atoms with Gasteiger partial charge in [0.05, 0.1) is 12.3 Å². The highest BCUT2D eigenvalue weighted by atomic mass is 16.3. The molecule has 26 heavy (non-hydrogen) atoms. The summed E-state index contributed by atoms with van der Waals surface area (Å²) in [6, 6.07) is 4.22. The largest absolute Gasteiger partial charge is 0.468 e. The number of hydrogen-bond acceptors (Lipinski definition) is 4. The van der Waals surface area contributed by atoms with Crippen molar-refractivity contribution in [1.82, 2.24) is 15.1 Å². The third-order valence-electron chi connectivity index (χ3n) is 5.43. The highest BCUT2D eigenvalue weighted by Crippen LogP contribution is 2.25. The topological polar surface area (TPSA) is 87.1 Å². The number of nitrogens with two attached hydrogens (primary N) is 1. The minimum Gasteiger partial charge on any atom is -0.468 e. The number of nitrogens with one attached hydrogen (secondary N) is 1. The van der Waals surface area contributed by atoms with Crippen molar-refractivity contribution >= 4 is 11.9 Å². The van der Waals surface area contributed by atoms with Crippen LogP contribution in [0.3, 0.4) is 0 Å². The second-order valence-electron chi connectivity index (χ2n) is 7.33. The summed E-state index contributed by atoms with van der Waals surface area (Å²) in [5.74, 6) is 2.00. The van der Waals surface area contributed by atoms with Gasteiger partial charge in [-0.05, 0) is 56.8 Å². The maximum Gasteiger partial charge on any atom is 0.217 e. The number of amides is 1. The molecule has 7 nitrogen and oxygen atoms in total. The standard InChI is InChI=1S/C19H31N5O2/c1-21-19(24-10-4-6-15(14-24)12-18(20)25)22-13-16(17-7-5-11-26-17)23-8-2-3-9-23/h5,7,11,15-16H,2-4,6,8-10,12-14H2,1H3,(H2,20,25)(H,21,22). The molecule has 0 saturated carbocycles. The van der Waals surface area contributed by atoms with Crippen molar-refractivity contribution in [2.24, 2.45) is 16.6 Å². The molecule has 1 aromatic heterocycles. The monoisotopic (exact) mass is 361 g/mol. The average Bonchev–Trinajstić information content (AvgIpc) is 3.32. The fraction of sp³-hybridized carbons (Fsp3) is 0.684. The number of piperidine rings is 1. The van der Waals surface area contributed by atoms with Crippen molar-refractivity contribution < 1.29 is 9.21 Å². The van der Waals surface area contributed by atoms with Gasteiger partial charge in [0.2, 0.25) is 5.91 Å². The zero-order valence-electron chi connectivity index (χ0n) is 15.7. The van der Waals surface area contributed by atoms with Gasteiger partial charge in [0.1, 0.15) is 5.76 Å². The van der Waals surface area contributed by atoms with Gasteiger partial charge in [0.25, 0.3) is 0 Å². The molecule has 1 aromatic rings. The number of primary amides is 1. The summed E-state index contributed by atoms with van der Waals surface area (Å²) in [4.78, 5) is 20.4. The van der Waals surface area contributed by atoms with Crippen LogP contribution in [0.1, 0.15) is 43.9 Å². The summed E-state index contributed by atoms with van der Waals surface area (Å²) < 4.78 is 5.69. The molecule has 1 amide bonds. The Labute approximate surface area is 155 Å². The van der Waals surface area contributed by atoms with E-state index in [0.717, 1.165) is 57.3 Å². The van der Waals surface area contributed by atoms with Crippen molar-refractivity contribution in [3.63, 3.8) is 0 Å². The van der Waals surface area contributed by atoms with Crippen molar-refractivity contribution in [1.29, 1.82) is 0 Å². The van der Waals surface area contributed by atoms with Crippen molar-refractivity contribution in [2.75, 3.05) is 39.8 Å². The van der Waals surface area contributed by atoms with Gasteiger partial charge in [-0.15, -0.1) is 0 Å². The molecule has 3 rings (SSSR count). The third kappa shape index (κ3) is 4.78. The number of likely N-dealkylation sites (tertiary alicyclic amines) is 2. The van der Waals surface area contributed by atoms with E-state index in [1.807, 2.05) is 13.1 Å². The number of nitrogens with zero attached hydrogens (tertiary/aromatic N) is 3. The summed E-state index contributed by atoms with van der Waals surface area (Å²) in [5, 5.41) is 3.54. The van der Waals surface area contributed by atoms with Crippen LogP contribution in [0.4, 0.5) is 0 Å². The Morgan fingerprint density at radius 2 is 2.19 bits per heavy atom. The zero-order valence-corrected chi connectivity index (χ0v) is 15.7. The first kappa shape index (κ1) is 18.8. The lowest BCUT2D eigenvalue weighted by Crippen LogP contribution is -2.49. The molecule has 3 N–H and O–H groups in total. The van der Waals surface area contributed by atoms with Gasteiger partial charge in [-0.2, -0.15) is 0 Å². The van der Waals surface area contributed by atoms with Crippen molar-refractivity contribution in [2.45, 2.75) is 38.1 Å². The number of hydrogen-bond donors (Lipinski definition) is 2. The van der Waals surface area contributed by atoms with Crippen LogP contribution in [0.2, 0.25) is 0 Å². The molecule has 2 aliphatic heterocycles. The van der Waals surface area contributed by atoms with E-state index in [9.17, 15) is 4.79 Å². The molecule has 144 valence electrons. The minimum atomic E-state index is -0.216. The molecular formula is C19H31N5O2. The second kappa shape index (κ2) is 9.07. The number of rotatable bonds is 6. The van der Waals surface area contributed by atoms with Crippen LogP contribution >= 0.6 is 0 Å². The number of aliphatic imine (C=N–C) groups is 1. The fourth-order valence-corrected chi connectivity index (χ4v) is 4.17. The molecule has 2 fully saturated rings. The maximum atomic E-state index is 11.2. The molecule has 0 aromatic carbocycles. The van der Waals surface area contributed by atoms with Crippen LogP contribution in [0, 0.1) is 5.92 Å². The Hall–Kier alpha value is -2.02. The van der Waals surface area contributed by atoms with Crippen LogP contribution < -0.4 is 11.1 Å². The predicted octanol–water partition coefficient (Wildman–Crippen LogP) is 1.58. The molecular weight excluding hydrogens is 330 g/mol. The Morgan fingerprint density at radius 3 is 2.85 bits per heavy atom. The normalized spacial score (nSPS) is 23.2. The smallest absolute Gasteiger partial charge is 0.217 e. The minimum absolute atomic E-state index is 0.216. The Balaban J connectivity index is 1.60. The Morgan fingerprint density at radius 1 is 1.38 bits per heavy atom. The van der Waals surface area contributed by atoms with Crippen LogP contribution in [0.5, 0.6) is 0 Å².